The SMILES string of the molecule is COc1ccccc1CCC(=O)Nc1cc(-c2ccc(C)s2)no1. The zero-order chi connectivity index (χ0) is 16.9. The van der Waals surface area contributed by atoms with Crippen molar-refractivity contribution in [1.82, 2.24) is 5.16 Å². The van der Waals surface area contributed by atoms with E-state index in [1.165, 1.54) is 4.88 Å². The Morgan fingerprint density at radius 3 is 2.88 bits per heavy atom. The average Bonchev–Trinajstić information content (AvgIpc) is 3.22. The molecule has 0 bridgehead atoms. The van der Waals surface area contributed by atoms with Gasteiger partial charge in [-0.3, -0.25) is 10.1 Å². The molecule has 1 amide bonds. The molecule has 0 unspecified atom stereocenters. The first-order valence-corrected chi connectivity index (χ1v) is 8.42. The summed E-state index contributed by atoms with van der Waals surface area (Å²) >= 11 is 1.64. The van der Waals surface area contributed by atoms with Gasteiger partial charge < -0.3 is 9.26 Å². The number of anilines is 1. The van der Waals surface area contributed by atoms with Crippen LogP contribution >= 0.6 is 11.3 Å². The lowest BCUT2D eigenvalue weighted by Crippen LogP contribution is -2.12. The molecular weight excluding hydrogens is 324 g/mol. The summed E-state index contributed by atoms with van der Waals surface area (Å²) in [5.74, 6) is 1.03. The fraction of sp³-hybridized carbons (Fsp3) is 0.222. The number of rotatable bonds is 6. The van der Waals surface area contributed by atoms with Crippen molar-refractivity contribution in [3.63, 3.8) is 0 Å². The van der Waals surface area contributed by atoms with E-state index in [-0.39, 0.29) is 5.91 Å². The number of nitrogens with one attached hydrogen (secondary N) is 1. The highest BCUT2D eigenvalue weighted by Gasteiger charge is 2.12. The van der Waals surface area contributed by atoms with Gasteiger partial charge >= 0.3 is 0 Å². The van der Waals surface area contributed by atoms with Crippen LogP contribution in [0, 0.1) is 6.92 Å². The van der Waals surface area contributed by atoms with Gasteiger partial charge in [0, 0.05) is 17.4 Å². The number of amides is 1. The number of benzene rings is 1. The number of hydrogen-bond acceptors (Lipinski definition) is 5. The van der Waals surface area contributed by atoms with Crippen LogP contribution in [0.4, 0.5) is 5.88 Å². The van der Waals surface area contributed by atoms with Gasteiger partial charge in [-0.1, -0.05) is 23.4 Å². The lowest BCUT2D eigenvalue weighted by Gasteiger charge is -2.07. The van der Waals surface area contributed by atoms with Crippen molar-refractivity contribution in [3.05, 3.63) is 52.9 Å². The summed E-state index contributed by atoms with van der Waals surface area (Å²) in [7, 11) is 1.63. The predicted octanol–water partition coefficient (Wildman–Crippen LogP) is 4.29. The van der Waals surface area contributed by atoms with Crippen LogP contribution in [0.3, 0.4) is 0 Å². The summed E-state index contributed by atoms with van der Waals surface area (Å²) in [6, 6.07) is 13.4. The molecule has 0 radical (unpaired) electrons. The van der Waals surface area contributed by atoms with Crippen LogP contribution in [-0.4, -0.2) is 18.2 Å². The van der Waals surface area contributed by atoms with E-state index < -0.39 is 0 Å². The summed E-state index contributed by atoms with van der Waals surface area (Å²) in [6.07, 6.45) is 0.940. The normalized spacial score (nSPS) is 10.6. The van der Waals surface area contributed by atoms with Gasteiger partial charge in [-0.15, -0.1) is 11.3 Å². The summed E-state index contributed by atoms with van der Waals surface area (Å²) in [6.45, 7) is 2.04. The number of hydrogen-bond donors (Lipinski definition) is 1. The van der Waals surface area contributed by atoms with Crippen molar-refractivity contribution in [1.29, 1.82) is 0 Å². The molecule has 1 N–H and O–H groups in total. The Balaban J connectivity index is 1.58. The van der Waals surface area contributed by atoms with Crippen LogP contribution in [0.2, 0.25) is 0 Å². The number of ether oxygens (including phenoxy) is 1. The van der Waals surface area contributed by atoms with E-state index in [0.29, 0.717) is 18.7 Å². The summed E-state index contributed by atoms with van der Waals surface area (Å²) in [5, 5.41) is 6.74. The van der Waals surface area contributed by atoms with E-state index in [9.17, 15) is 4.79 Å². The highest BCUT2D eigenvalue weighted by Crippen LogP contribution is 2.28. The fourth-order valence-corrected chi connectivity index (χ4v) is 3.20. The van der Waals surface area contributed by atoms with Crippen molar-refractivity contribution in [2.75, 3.05) is 12.4 Å². The van der Waals surface area contributed by atoms with Crippen molar-refractivity contribution < 1.29 is 14.1 Å². The van der Waals surface area contributed by atoms with Gasteiger partial charge in [-0.05, 0) is 37.1 Å². The van der Waals surface area contributed by atoms with Crippen LogP contribution in [-0.2, 0) is 11.2 Å². The topological polar surface area (TPSA) is 64.4 Å². The van der Waals surface area contributed by atoms with Crippen LogP contribution in [0.5, 0.6) is 5.75 Å². The monoisotopic (exact) mass is 342 g/mol. The minimum Gasteiger partial charge on any atom is -0.496 e. The molecule has 5 nitrogen and oxygen atoms in total. The Kier molecular flexibility index (Phi) is 4.96. The number of nitrogens with zero attached hydrogens (tertiary/aromatic N) is 1. The minimum atomic E-state index is -0.119. The molecule has 0 atom stereocenters. The fourth-order valence-electron chi connectivity index (χ4n) is 2.38. The average molecular weight is 342 g/mol. The van der Waals surface area contributed by atoms with E-state index in [1.807, 2.05) is 43.3 Å². The zero-order valence-corrected chi connectivity index (χ0v) is 14.4. The maximum absolute atomic E-state index is 12.1. The molecule has 0 fully saturated rings. The molecule has 0 spiro atoms. The highest BCUT2D eigenvalue weighted by molar-refractivity contribution is 7.15. The van der Waals surface area contributed by atoms with Crippen LogP contribution in [0.15, 0.2) is 47.0 Å². The van der Waals surface area contributed by atoms with E-state index in [4.69, 9.17) is 9.26 Å². The molecule has 0 aliphatic heterocycles. The van der Waals surface area contributed by atoms with Gasteiger partial charge in [0.2, 0.25) is 11.8 Å². The standard InChI is InChI=1S/C18H18N2O3S/c1-12-7-9-16(24-12)14-11-18(23-20-14)19-17(21)10-8-13-5-3-4-6-15(13)22-2/h3-7,9,11H,8,10H2,1-2H3,(H,19,21). The number of aromatic nitrogens is 1. The second-order valence-electron chi connectivity index (χ2n) is 5.35. The van der Waals surface area contributed by atoms with Crippen LogP contribution in [0.1, 0.15) is 16.9 Å². The van der Waals surface area contributed by atoms with Crippen molar-refractivity contribution >= 4 is 23.1 Å². The molecule has 3 aromatic rings. The maximum Gasteiger partial charge on any atom is 0.231 e. The third kappa shape index (κ3) is 3.83. The summed E-state index contributed by atoms with van der Waals surface area (Å²) in [5.41, 5.74) is 1.73. The van der Waals surface area contributed by atoms with Gasteiger partial charge in [-0.2, -0.15) is 0 Å². The molecule has 0 saturated carbocycles. The molecule has 124 valence electrons. The van der Waals surface area contributed by atoms with Crippen molar-refractivity contribution in [2.45, 2.75) is 19.8 Å². The number of carbonyl (C=O) groups excluding carboxylic acids is 1. The Morgan fingerprint density at radius 2 is 2.12 bits per heavy atom. The molecule has 1 aromatic carbocycles. The van der Waals surface area contributed by atoms with Gasteiger partial charge in [0.05, 0.1) is 12.0 Å². The van der Waals surface area contributed by atoms with E-state index >= 15 is 0 Å². The molecule has 2 heterocycles. The number of para-hydroxylation sites is 1. The van der Waals surface area contributed by atoms with Crippen molar-refractivity contribution in [3.8, 4) is 16.3 Å². The van der Waals surface area contributed by atoms with Gasteiger partial charge in [0.15, 0.2) is 0 Å². The largest absolute Gasteiger partial charge is 0.496 e. The summed E-state index contributed by atoms with van der Waals surface area (Å²) < 4.78 is 10.5. The number of carbonyl (C=O) groups is 1. The molecule has 24 heavy (non-hydrogen) atoms. The van der Waals surface area contributed by atoms with Gasteiger partial charge in [0.1, 0.15) is 11.4 Å². The first kappa shape index (κ1) is 16.3. The number of thiophene rings is 1. The molecule has 0 aliphatic carbocycles. The van der Waals surface area contributed by atoms with E-state index in [0.717, 1.165) is 21.9 Å². The predicted molar refractivity (Wildman–Crippen MR) is 94.5 cm³/mol. The lowest BCUT2D eigenvalue weighted by molar-refractivity contribution is -0.116. The van der Waals surface area contributed by atoms with Crippen LogP contribution in [0.25, 0.3) is 10.6 Å². The smallest absolute Gasteiger partial charge is 0.231 e. The second-order valence-corrected chi connectivity index (χ2v) is 6.63. The Bertz CT molecular complexity index is 838. The first-order chi connectivity index (χ1) is 11.7. The van der Waals surface area contributed by atoms with Gasteiger partial charge in [-0.25, -0.2) is 0 Å². The molecule has 2 aromatic heterocycles. The third-order valence-corrected chi connectivity index (χ3v) is 4.60. The number of methoxy groups -OCH3 is 1. The Hall–Kier alpha value is -2.60. The quantitative estimate of drug-likeness (QED) is 0.726. The number of aryl methyl sites for hydroxylation is 2. The Labute approximate surface area is 144 Å². The first-order valence-electron chi connectivity index (χ1n) is 7.61. The highest BCUT2D eigenvalue weighted by atomic mass is 32.1. The molecule has 0 saturated heterocycles. The maximum atomic E-state index is 12.1. The van der Waals surface area contributed by atoms with E-state index in [2.05, 4.69) is 10.5 Å². The molecule has 3 rings (SSSR count). The lowest BCUT2D eigenvalue weighted by atomic mass is 10.1. The van der Waals surface area contributed by atoms with Crippen molar-refractivity contribution in [2.24, 2.45) is 0 Å². The van der Waals surface area contributed by atoms with Gasteiger partial charge in [0.25, 0.3) is 0 Å². The van der Waals surface area contributed by atoms with Crippen LogP contribution < -0.4 is 10.1 Å². The Morgan fingerprint density at radius 1 is 1.29 bits per heavy atom. The molecular formula is C18H18N2O3S. The van der Waals surface area contributed by atoms with E-state index in [1.54, 1.807) is 24.5 Å². The molecule has 0 aliphatic rings. The third-order valence-electron chi connectivity index (χ3n) is 3.58. The second kappa shape index (κ2) is 7.31. The zero-order valence-electron chi connectivity index (χ0n) is 13.5. The minimum absolute atomic E-state index is 0.119. The summed E-state index contributed by atoms with van der Waals surface area (Å²) in [4.78, 5) is 14.3. The molecule has 6 heteroatoms.